The maximum absolute atomic E-state index is 12.5. The van der Waals surface area contributed by atoms with Gasteiger partial charge in [-0.2, -0.15) is 4.68 Å². The molecule has 1 aromatic heterocycles. The van der Waals surface area contributed by atoms with Crippen molar-refractivity contribution in [1.82, 2.24) is 20.2 Å². The Hall–Kier alpha value is -2.67. The number of amides is 1. The van der Waals surface area contributed by atoms with Crippen LogP contribution in [0.2, 0.25) is 0 Å². The van der Waals surface area contributed by atoms with E-state index in [1.807, 2.05) is 48.5 Å². The average Bonchev–Trinajstić information content (AvgIpc) is 3.02. The van der Waals surface area contributed by atoms with Gasteiger partial charge in [-0.15, -0.1) is 5.10 Å². The van der Waals surface area contributed by atoms with Gasteiger partial charge in [0, 0.05) is 5.69 Å². The van der Waals surface area contributed by atoms with Crippen LogP contribution in [0.5, 0.6) is 0 Å². The minimum Gasteiger partial charge on any atom is -0.325 e. The number of fused-ring (bicyclic) bond motifs is 1. The molecule has 0 spiro atoms. The smallest absolute Gasteiger partial charge is 0.237 e. The van der Waals surface area contributed by atoms with Crippen LogP contribution in [0.4, 0.5) is 5.69 Å². The number of hydrogen-bond donors (Lipinski definition) is 1. The molecular weight excluding hydrogens is 322 g/mol. The fraction of sp³-hybridized carbons (Fsp3) is 0.176. The number of nitrogens with one attached hydrogen (secondary N) is 1. The van der Waals surface area contributed by atoms with E-state index in [1.165, 1.54) is 11.8 Å². The van der Waals surface area contributed by atoms with Gasteiger partial charge in [0.1, 0.15) is 0 Å². The third kappa shape index (κ3) is 2.90. The van der Waals surface area contributed by atoms with Gasteiger partial charge in [-0.05, 0) is 47.0 Å². The van der Waals surface area contributed by atoms with Crippen LogP contribution in [-0.2, 0) is 11.2 Å². The number of nitrogens with zero attached hydrogens (tertiary/aromatic N) is 4. The van der Waals surface area contributed by atoms with E-state index >= 15 is 0 Å². The highest BCUT2D eigenvalue weighted by Crippen LogP contribution is 2.31. The molecule has 0 aliphatic carbocycles. The molecule has 1 atom stereocenters. The van der Waals surface area contributed by atoms with Crippen molar-refractivity contribution in [2.24, 2.45) is 0 Å². The van der Waals surface area contributed by atoms with Gasteiger partial charge in [0.05, 0.1) is 10.9 Å². The second-order valence-electron chi connectivity index (χ2n) is 5.50. The zero-order valence-electron chi connectivity index (χ0n) is 12.8. The topological polar surface area (TPSA) is 72.7 Å². The van der Waals surface area contributed by atoms with Crippen molar-refractivity contribution in [1.29, 1.82) is 0 Å². The molecule has 1 N–H and O–H groups in total. The van der Waals surface area contributed by atoms with Crippen LogP contribution < -0.4 is 5.32 Å². The molecule has 7 heteroatoms. The second-order valence-corrected chi connectivity index (χ2v) is 6.67. The second kappa shape index (κ2) is 6.45. The molecule has 120 valence electrons. The molecule has 1 unspecified atom stereocenters. The van der Waals surface area contributed by atoms with Gasteiger partial charge < -0.3 is 5.32 Å². The molecule has 24 heavy (non-hydrogen) atoms. The van der Waals surface area contributed by atoms with Crippen LogP contribution in [0, 0.1) is 0 Å². The third-order valence-corrected chi connectivity index (χ3v) is 5.13. The van der Waals surface area contributed by atoms with E-state index in [1.54, 1.807) is 4.68 Å². The summed E-state index contributed by atoms with van der Waals surface area (Å²) in [5.41, 5.74) is 2.94. The average molecular weight is 337 g/mol. The highest BCUT2D eigenvalue weighted by atomic mass is 32.2. The molecule has 0 saturated heterocycles. The number of para-hydroxylation sites is 2. The van der Waals surface area contributed by atoms with Gasteiger partial charge in [-0.25, -0.2) is 0 Å². The molecule has 6 nitrogen and oxygen atoms in total. The zero-order valence-corrected chi connectivity index (χ0v) is 13.6. The molecule has 0 radical (unpaired) electrons. The number of carbonyl (C=O) groups is 1. The minimum absolute atomic E-state index is 0.00689. The molecule has 1 amide bonds. The summed E-state index contributed by atoms with van der Waals surface area (Å²) in [5, 5.41) is 15.3. The SMILES string of the molecule is O=C1Nc2ccccc2CCC1Sc1nnnn1-c1ccccc1. The molecule has 0 saturated carbocycles. The summed E-state index contributed by atoms with van der Waals surface area (Å²) in [7, 11) is 0. The maximum Gasteiger partial charge on any atom is 0.237 e. The van der Waals surface area contributed by atoms with Gasteiger partial charge in [0.15, 0.2) is 0 Å². The predicted octanol–water partition coefficient (Wildman–Crippen LogP) is 2.71. The summed E-state index contributed by atoms with van der Waals surface area (Å²) >= 11 is 1.40. The van der Waals surface area contributed by atoms with Crippen molar-refractivity contribution in [3.05, 3.63) is 60.2 Å². The molecule has 0 fully saturated rings. The Balaban J connectivity index is 1.57. The molecule has 2 heterocycles. The van der Waals surface area contributed by atoms with Crippen LogP contribution in [0.15, 0.2) is 59.8 Å². The van der Waals surface area contributed by atoms with Crippen molar-refractivity contribution in [2.45, 2.75) is 23.2 Å². The normalized spacial score (nSPS) is 17.0. The summed E-state index contributed by atoms with van der Waals surface area (Å²) in [4.78, 5) is 12.5. The number of rotatable bonds is 3. The van der Waals surface area contributed by atoms with E-state index in [0.717, 1.165) is 29.8 Å². The van der Waals surface area contributed by atoms with Crippen LogP contribution in [-0.4, -0.2) is 31.4 Å². The van der Waals surface area contributed by atoms with Crippen LogP contribution in [0.3, 0.4) is 0 Å². The van der Waals surface area contributed by atoms with Gasteiger partial charge in [-0.3, -0.25) is 4.79 Å². The lowest BCUT2D eigenvalue weighted by atomic mass is 10.1. The summed E-state index contributed by atoms with van der Waals surface area (Å²) < 4.78 is 1.66. The van der Waals surface area contributed by atoms with Crippen LogP contribution >= 0.6 is 11.8 Å². The largest absolute Gasteiger partial charge is 0.325 e. The van der Waals surface area contributed by atoms with Gasteiger partial charge in [0.25, 0.3) is 0 Å². The fourth-order valence-corrected chi connectivity index (χ4v) is 3.70. The summed E-state index contributed by atoms with van der Waals surface area (Å²) in [6.07, 6.45) is 1.59. The van der Waals surface area contributed by atoms with Crippen molar-refractivity contribution >= 4 is 23.4 Å². The summed E-state index contributed by atoms with van der Waals surface area (Å²) in [6.45, 7) is 0. The number of carbonyl (C=O) groups excluding carboxylic acids is 1. The quantitative estimate of drug-likeness (QED) is 0.795. The van der Waals surface area contributed by atoms with Crippen LogP contribution in [0.1, 0.15) is 12.0 Å². The first-order valence-electron chi connectivity index (χ1n) is 7.70. The van der Waals surface area contributed by atoms with E-state index in [4.69, 9.17) is 0 Å². The first-order valence-corrected chi connectivity index (χ1v) is 8.58. The lowest BCUT2D eigenvalue weighted by Gasteiger charge is -2.12. The van der Waals surface area contributed by atoms with E-state index in [-0.39, 0.29) is 11.2 Å². The van der Waals surface area contributed by atoms with Gasteiger partial charge >= 0.3 is 0 Å². The van der Waals surface area contributed by atoms with Crippen molar-refractivity contribution in [3.8, 4) is 5.69 Å². The summed E-state index contributed by atoms with van der Waals surface area (Å²) in [5.74, 6) is -0.00689. The summed E-state index contributed by atoms with van der Waals surface area (Å²) in [6, 6.07) is 17.6. The Bertz CT molecular complexity index is 864. The number of hydrogen-bond acceptors (Lipinski definition) is 5. The number of aryl methyl sites for hydroxylation is 1. The number of anilines is 1. The molecule has 1 aliphatic rings. The van der Waals surface area contributed by atoms with Crippen molar-refractivity contribution in [3.63, 3.8) is 0 Å². The monoisotopic (exact) mass is 337 g/mol. The first kappa shape index (κ1) is 14.9. The van der Waals surface area contributed by atoms with E-state index in [2.05, 4.69) is 26.9 Å². The van der Waals surface area contributed by atoms with Crippen molar-refractivity contribution in [2.75, 3.05) is 5.32 Å². The molecule has 0 bridgehead atoms. The Morgan fingerprint density at radius 3 is 2.75 bits per heavy atom. The number of aromatic nitrogens is 4. The molecule has 3 aromatic rings. The third-order valence-electron chi connectivity index (χ3n) is 3.93. The highest BCUT2D eigenvalue weighted by Gasteiger charge is 2.26. The van der Waals surface area contributed by atoms with Crippen LogP contribution in [0.25, 0.3) is 5.69 Å². The maximum atomic E-state index is 12.5. The standard InChI is InChI=1S/C17H15N5OS/c23-16-15(11-10-12-6-4-5-9-14(12)18-16)24-17-19-20-21-22(17)13-7-2-1-3-8-13/h1-9,15H,10-11H2,(H,18,23). The van der Waals surface area contributed by atoms with Crippen molar-refractivity contribution < 1.29 is 4.79 Å². The molecule has 1 aliphatic heterocycles. The minimum atomic E-state index is -0.231. The fourth-order valence-electron chi connectivity index (χ4n) is 2.71. The predicted molar refractivity (Wildman–Crippen MR) is 92.2 cm³/mol. The zero-order chi connectivity index (χ0) is 16.4. The molecule has 4 rings (SSSR count). The molecular formula is C17H15N5OS. The van der Waals surface area contributed by atoms with E-state index in [0.29, 0.717) is 5.16 Å². The van der Waals surface area contributed by atoms with Gasteiger partial charge in [-0.1, -0.05) is 48.2 Å². The number of benzene rings is 2. The number of thioether (sulfide) groups is 1. The van der Waals surface area contributed by atoms with E-state index in [9.17, 15) is 4.79 Å². The van der Waals surface area contributed by atoms with Gasteiger partial charge in [0.2, 0.25) is 11.1 Å². The number of tetrazole rings is 1. The Labute approximate surface area is 143 Å². The first-order chi connectivity index (χ1) is 11.8. The Kier molecular flexibility index (Phi) is 4.00. The Morgan fingerprint density at radius 1 is 1.08 bits per heavy atom. The molecule has 2 aromatic carbocycles. The lowest BCUT2D eigenvalue weighted by Crippen LogP contribution is -2.24. The lowest BCUT2D eigenvalue weighted by molar-refractivity contribution is -0.115. The van der Waals surface area contributed by atoms with E-state index < -0.39 is 0 Å². The Morgan fingerprint density at radius 2 is 1.88 bits per heavy atom. The highest BCUT2D eigenvalue weighted by molar-refractivity contribution is 8.00.